The van der Waals surface area contributed by atoms with E-state index in [0.717, 1.165) is 48.1 Å². The Balaban J connectivity index is 2.07. The summed E-state index contributed by atoms with van der Waals surface area (Å²) in [5.41, 5.74) is 1.66. The van der Waals surface area contributed by atoms with Crippen LogP contribution in [0.1, 0.15) is 69.6 Å². The van der Waals surface area contributed by atoms with Gasteiger partial charge in [-0.1, -0.05) is 27.7 Å². The van der Waals surface area contributed by atoms with Gasteiger partial charge in [-0.2, -0.15) is 5.26 Å². The van der Waals surface area contributed by atoms with Crippen LogP contribution in [0.25, 0.3) is 10.2 Å². The number of rotatable bonds is 5. The van der Waals surface area contributed by atoms with Crippen molar-refractivity contribution in [1.82, 2.24) is 9.55 Å². The third-order valence-corrected chi connectivity index (χ3v) is 6.76. The molecule has 3 rings (SSSR count). The molecule has 0 radical (unpaired) electrons. The number of thiophene rings is 1. The van der Waals surface area contributed by atoms with Crippen molar-refractivity contribution in [2.75, 3.05) is 0 Å². The lowest BCUT2D eigenvalue weighted by Gasteiger charge is -2.33. The van der Waals surface area contributed by atoms with Gasteiger partial charge in [0.15, 0.2) is 0 Å². The number of aromatic nitrogens is 2. The van der Waals surface area contributed by atoms with Gasteiger partial charge in [-0.3, -0.25) is 9.36 Å². The number of aryl methyl sites for hydroxylation is 2. The smallest absolute Gasteiger partial charge is 0.262 e. The molecular weight excluding hydrogens is 342 g/mol. The van der Waals surface area contributed by atoms with E-state index in [4.69, 9.17) is 10.2 Å². The van der Waals surface area contributed by atoms with Crippen molar-refractivity contribution in [3.8, 4) is 6.07 Å². The fraction of sp³-hybridized carbons (Fsp3) is 0.667. The second-order valence-electron chi connectivity index (χ2n) is 8.49. The Morgan fingerprint density at radius 2 is 2.15 bits per heavy atom. The first-order valence-electron chi connectivity index (χ1n) is 9.77. The van der Waals surface area contributed by atoms with Crippen molar-refractivity contribution < 1.29 is 0 Å². The lowest BCUT2D eigenvalue weighted by Crippen LogP contribution is -2.28. The Labute approximate surface area is 159 Å². The number of hydrogen-bond donors (Lipinski definition) is 0. The minimum Gasteiger partial charge on any atom is -0.296 e. The Morgan fingerprint density at radius 1 is 1.38 bits per heavy atom. The van der Waals surface area contributed by atoms with Gasteiger partial charge in [-0.05, 0) is 49.0 Å². The Kier molecular flexibility index (Phi) is 5.53. The topological polar surface area (TPSA) is 58.7 Å². The molecule has 0 saturated heterocycles. The zero-order chi connectivity index (χ0) is 18.9. The van der Waals surface area contributed by atoms with Crippen LogP contribution in [0.2, 0.25) is 0 Å². The molecule has 0 fully saturated rings. The van der Waals surface area contributed by atoms with Crippen LogP contribution in [0.15, 0.2) is 4.79 Å². The predicted molar refractivity (Wildman–Crippen MR) is 108 cm³/mol. The van der Waals surface area contributed by atoms with E-state index in [1.54, 1.807) is 11.3 Å². The van der Waals surface area contributed by atoms with Crippen LogP contribution in [-0.4, -0.2) is 9.55 Å². The lowest BCUT2D eigenvalue weighted by molar-refractivity contribution is 0.218. The third-order valence-electron chi connectivity index (χ3n) is 5.62. The van der Waals surface area contributed by atoms with E-state index in [9.17, 15) is 4.79 Å². The van der Waals surface area contributed by atoms with Crippen LogP contribution in [0.4, 0.5) is 0 Å². The number of unbranched alkanes of at least 4 members (excludes halogenated alkanes) is 1. The van der Waals surface area contributed by atoms with Gasteiger partial charge in [0.2, 0.25) is 0 Å². The SMILES string of the molecule is CCCc1nc2sc3c(c2c(=O)n1CCCC#N)CCC(C(C)(C)C)C3. The number of nitrogens with zero attached hydrogens (tertiary/aromatic N) is 3. The van der Waals surface area contributed by atoms with Crippen molar-refractivity contribution >= 4 is 21.6 Å². The van der Waals surface area contributed by atoms with Crippen molar-refractivity contribution in [1.29, 1.82) is 5.26 Å². The highest BCUT2D eigenvalue weighted by Crippen LogP contribution is 2.42. The first-order valence-corrected chi connectivity index (χ1v) is 10.6. The fourth-order valence-corrected chi connectivity index (χ4v) is 5.31. The summed E-state index contributed by atoms with van der Waals surface area (Å²) in [5, 5.41) is 9.68. The highest BCUT2D eigenvalue weighted by atomic mass is 32.1. The highest BCUT2D eigenvalue weighted by Gasteiger charge is 2.32. The van der Waals surface area contributed by atoms with E-state index in [1.165, 1.54) is 10.4 Å². The Bertz CT molecular complexity index is 895. The minimum atomic E-state index is 0.114. The van der Waals surface area contributed by atoms with Crippen LogP contribution in [0.5, 0.6) is 0 Å². The van der Waals surface area contributed by atoms with E-state index >= 15 is 0 Å². The monoisotopic (exact) mass is 371 g/mol. The zero-order valence-corrected chi connectivity index (χ0v) is 17.2. The molecule has 5 heteroatoms. The molecule has 0 amide bonds. The summed E-state index contributed by atoms with van der Waals surface area (Å²) in [6, 6.07) is 2.18. The molecular formula is C21H29N3OS. The van der Waals surface area contributed by atoms with Gasteiger partial charge in [-0.15, -0.1) is 11.3 Å². The Morgan fingerprint density at radius 3 is 2.81 bits per heavy atom. The van der Waals surface area contributed by atoms with Gasteiger partial charge in [-0.25, -0.2) is 4.98 Å². The van der Waals surface area contributed by atoms with Gasteiger partial charge < -0.3 is 0 Å². The molecule has 0 aliphatic heterocycles. The fourth-order valence-electron chi connectivity index (χ4n) is 4.00. The van der Waals surface area contributed by atoms with Crippen LogP contribution in [0.3, 0.4) is 0 Å². The molecule has 2 aromatic heterocycles. The maximum absolute atomic E-state index is 13.3. The molecule has 1 unspecified atom stereocenters. The highest BCUT2D eigenvalue weighted by molar-refractivity contribution is 7.18. The molecule has 140 valence electrons. The summed E-state index contributed by atoms with van der Waals surface area (Å²) in [5.74, 6) is 1.55. The molecule has 0 aromatic carbocycles. The molecule has 2 heterocycles. The quantitative estimate of drug-likeness (QED) is 0.705. The second kappa shape index (κ2) is 7.52. The minimum absolute atomic E-state index is 0.114. The summed E-state index contributed by atoms with van der Waals surface area (Å²) >= 11 is 1.73. The molecule has 1 aliphatic rings. The number of hydrogen-bond acceptors (Lipinski definition) is 4. The summed E-state index contributed by atoms with van der Waals surface area (Å²) < 4.78 is 1.84. The summed E-state index contributed by atoms with van der Waals surface area (Å²) in [4.78, 5) is 20.5. The van der Waals surface area contributed by atoms with Crippen molar-refractivity contribution in [3.63, 3.8) is 0 Å². The van der Waals surface area contributed by atoms with E-state index in [-0.39, 0.29) is 5.56 Å². The lowest BCUT2D eigenvalue weighted by atomic mass is 9.72. The van der Waals surface area contributed by atoms with Crippen molar-refractivity contribution in [3.05, 3.63) is 26.6 Å². The molecule has 0 bridgehead atoms. The van der Waals surface area contributed by atoms with E-state index in [1.807, 2.05) is 4.57 Å². The summed E-state index contributed by atoms with van der Waals surface area (Å²) in [6.07, 6.45) is 6.16. The molecule has 1 aliphatic carbocycles. The van der Waals surface area contributed by atoms with Gasteiger partial charge in [0, 0.05) is 24.3 Å². The van der Waals surface area contributed by atoms with Crippen LogP contribution >= 0.6 is 11.3 Å². The predicted octanol–water partition coefficient (Wildman–Crippen LogP) is 4.87. The zero-order valence-electron chi connectivity index (χ0n) is 16.4. The van der Waals surface area contributed by atoms with Gasteiger partial charge in [0.1, 0.15) is 10.7 Å². The van der Waals surface area contributed by atoms with Gasteiger partial charge in [0.25, 0.3) is 5.56 Å². The average molecular weight is 372 g/mol. The summed E-state index contributed by atoms with van der Waals surface area (Å²) in [7, 11) is 0. The first kappa shape index (κ1) is 19.1. The normalized spacial score (nSPS) is 17.3. The largest absolute Gasteiger partial charge is 0.296 e. The molecule has 0 N–H and O–H groups in total. The van der Waals surface area contributed by atoms with Gasteiger partial charge in [0.05, 0.1) is 11.5 Å². The average Bonchev–Trinajstić information content (AvgIpc) is 2.94. The molecule has 0 spiro atoms. The van der Waals surface area contributed by atoms with Crippen LogP contribution in [-0.2, 0) is 25.8 Å². The molecule has 1 atom stereocenters. The molecule has 26 heavy (non-hydrogen) atoms. The first-order chi connectivity index (χ1) is 12.4. The third kappa shape index (κ3) is 3.57. The van der Waals surface area contributed by atoms with E-state index < -0.39 is 0 Å². The summed E-state index contributed by atoms with van der Waals surface area (Å²) in [6.45, 7) is 9.66. The standard InChI is InChI=1S/C21H29N3OS/c1-5-8-17-23-19-18(20(25)24(17)12-7-6-11-22)15-10-9-14(21(2,3)4)13-16(15)26-19/h14H,5-10,12-13H2,1-4H3. The number of fused-ring (bicyclic) bond motifs is 3. The second-order valence-corrected chi connectivity index (χ2v) is 9.57. The van der Waals surface area contributed by atoms with Crippen molar-refractivity contribution in [2.45, 2.75) is 79.2 Å². The van der Waals surface area contributed by atoms with Gasteiger partial charge >= 0.3 is 0 Å². The van der Waals surface area contributed by atoms with E-state index in [0.29, 0.717) is 30.7 Å². The van der Waals surface area contributed by atoms with Crippen LogP contribution < -0.4 is 5.56 Å². The molecule has 2 aromatic rings. The molecule has 0 saturated carbocycles. The van der Waals surface area contributed by atoms with Crippen LogP contribution in [0, 0.1) is 22.7 Å². The maximum atomic E-state index is 13.3. The maximum Gasteiger partial charge on any atom is 0.262 e. The van der Waals surface area contributed by atoms with E-state index in [2.05, 4.69) is 33.8 Å². The van der Waals surface area contributed by atoms with Crippen molar-refractivity contribution in [2.24, 2.45) is 11.3 Å². The number of nitriles is 1. The Hall–Kier alpha value is -1.67. The molecule has 4 nitrogen and oxygen atoms in total.